The SMILES string of the molecule is c1ccc(-c2nc(-n3c4ccccc4c4cc(-c5ccc6c(c5)c5cc7c(cc5n6-c5ccccc5)nc5ccccn57)ccc43)nc3ccccc23)cc1. The Bertz CT molecular complexity index is 3480. The first-order valence-corrected chi connectivity index (χ1v) is 18.5. The molecule has 0 bridgehead atoms. The van der Waals surface area contributed by atoms with Gasteiger partial charge in [0, 0.05) is 44.4 Å². The highest BCUT2D eigenvalue weighted by atomic mass is 15.2. The van der Waals surface area contributed by atoms with Crippen molar-refractivity contribution in [2.45, 2.75) is 0 Å². The third kappa shape index (κ3) is 4.46. The molecule has 55 heavy (non-hydrogen) atoms. The van der Waals surface area contributed by atoms with Crippen LogP contribution >= 0.6 is 0 Å². The van der Waals surface area contributed by atoms with Crippen LogP contribution in [0.15, 0.2) is 182 Å². The zero-order valence-electron chi connectivity index (χ0n) is 29.5. The summed E-state index contributed by atoms with van der Waals surface area (Å²) < 4.78 is 6.75. The second-order valence-electron chi connectivity index (χ2n) is 14.1. The Labute approximate surface area is 314 Å². The first-order valence-electron chi connectivity index (χ1n) is 18.5. The van der Waals surface area contributed by atoms with Gasteiger partial charge in [-0.3, -0.25) is 8.97 Å². The summed E-state index contributed by atoms with van der Waals surface area (Å²) >= 11 is 0. The lowest BCUT2D eigenvalue weighted by atomic mass is 10.0. The van der Waals surface area contributed by atoms with Crippen molar-refractivity contribution in [3.8, 4) is 34.0 Å². The molecule has 0 aliphatic carbocycles. The number of hydrogen-bond acceptors (Lipinski definition) is 3. The summed E-state index contributed by atoms with van der Waals surface area (Å²) in [6.45, 7) is 0. The molecule has 6 nitrogen and oxygen atoms in total. The Morgan fingerprint density at radius 1 is 0.345 bits per heavy atom. The van der Waals surface area contributed by atoms with Crippen molar-refractivity contribution in [2.75, 3.05) is 0 Å². The number of fused-ring (bicyclic) bond motifs is 10. The molecule has 0 aliphatic rings. The van der Waals surface area contributed by atoms with Crippen LogP contribution in [0.4, 0.5) is 0 Å². The van der Waals surface area contributed by atoms with E-state index in [1.54, 1.807) is 0 Å². The molecule has 0 saturated heterocycles. The fourth-order valence-corrected chi connectivity index (χ4v) is 8.56. The number of pyridine rings is 1. The van der Waals surface area contributed by atoms with E-state index in [0.29, 0.717) is 5.95 Å². The van der Waals surface area contributed by atoms with Gasteiger partial charge in [0.2, 0.25) is 5.95 Å². The molecule has 0 amide bonds. The number of hydrogen-bond donors (Lipinski definition) is 0. The van der Waals surface area contributed by atoms with Gasteiger partial charge in [-0.1, -0.05) is 103 Å². The van der Waals surface area contributed by atoms with Crippen LogP contribution in [0.2, 0.25) is 0 Å². The van der Waals surface area contributed by atoms with Crippen LogP contribution in [0.1, 0.15) is 0 Å². The van der Waals surface area contributed by atoms with Gasteiger partial charge in [0.15, 0.2) is 0 Å². The van der Waals surface area contributed by atoms with Crippen LogP contribution in [0, 0.1) is 0 Å². The topological polar surface area (TPSA) is 52.9 Å². The normalized spacial score (nSPS) is 12.0. The molecular weight excluding hydrogens is 673 g/mol. The standard InChI is InChI=1S/C49H30N6/c1-3-13-31(14-4-1)48-36-18-7-9-19-40(36)51-49(52-48)55-42-20-10-8-17-35(42)37-27-32(23-25-44(37)55)33-22-24-43-38(28-33)39-29-46-41(50-47-21-11-12-26-53(46)47)30-45(39)54(43)34-15-5-2-6-16-34/h1-30H. The summed E-state index contributed by atoms with van der Waals surface area (Å²) in [7, 11) is 0. The lowest BCUT2D eigenvalue weighted by Gasteiger charge is -2.12. The lowest BCUT2D eigenvalue weighted by molar-refractivity contribution is 1.01. The van der Waals surface area contributed by atoms with Gasteiger partial charge in [-0.25, -0.2) is 15.0 Å². The van der Waals surface area contributed by atoms with Crippen LogP contribution in [-0.2, 0) is 0 Å². The lowest BCUT2D eigenvalue weighted by Crippen LogP contribution is -2.03. The summed E-state index contributed by atoms with van der Waals surface area (Å²) in [5, 5.41) is 5.75. The van der Waals surface area contributed by atoms with E-state index in [9.17, 15) is 0 Å². The largest absolute Gasteiger partial charge is 0.309 e. The number of imidazole rings is 1. The van der Waals surface area contributed by atoms with Gasteiger partial charge in [-0.2, -0.15) is 0 Å². The van der Waals surface area contributed by atoms with E-state index >= 15 is 0 Å². The van der Waals surface area contributed by atoms with Gasteiger partial charge in [0.25, 0.3) is 0 Å². The fourth-order valence-electron chi connectivity index (χ4n) is 8.56. The molecule has 0 saturated carbocycles. The van der Waals surface area contributed by atoms with Crippen molar-refractivity contribution in [2.24, 2.45) is 0 Å². The highest BCUT2D eigenvalue weighted by molar-refractivity contribution is 6.15. The van der Waals surface area contributed by atoms with E-state index in [-0.39, 0.29) is 0 Å². The Morgan fingerprint density at radius 2 is 0.982 bits per heavy atom. The van der Waals surface area contributed by atoms with Crippen LogP contribution in [0.25, 0.3) is 105 Å². The quantitative estimate of drug-likeness (QED) is 0.183. The van der Waals surface area contributed by atoms with E-state index < -0.39 is 0 Å². The van der Waals surface area contributed by atoms with Gasteiger partial charge >= 0.3 is 0 Å². The number of para-hydroxylation sites is 3. The highest BCUT2D eigenvalue weighted by Crippen LogP contribution is 2.40. The van der Waals surface area contributed by atoms with E-state index in [4.69, 9.17) is 15.0 Å². The predicted molar refractivity (Wildman–Crippen MR) is 225 cm³/mol. The minimum atomic E-state index is 0.658. The van der Waals surface area contributed by atoms with Gasteiger partial charge in [-0.05, 0) is 83.9 Å². The average molecular weight is 703 g/mol. The predicted octanol–water partition coefficient (Wildman–Crippen LogP) is 12.0. The first-order chi connectivity index (χ1) is 27.3. The molecule has 6 heteroatoms. The third-order valence-electron chi connectivity index (χ3n) is 11.1. The molecule has 256 valence electrons. The summed E-state index contributed by atoms with van der Waals surface area (Å²) in [5.41, 5.74) is 13.8. The molecule has 5 heterocycles. The number of benzene rings is 7. The minimum absolute atomic E-state index is 0.658. The minimum Gasteiger partial charge on any atom is -0.309 e. The third-order valence-corrected chi connectivity index (χ3v) is 11.1. The van der Waals surface area contributed by atoms with Gasteiger partial charge in [0.05, 0.1) is 44.3 Å². The van der Waals surface area contributed by atoms with Crippen molar-refractivity contribution < 1.29 is 0 Å². The van der Waals surface area contributed by atoms with Crippen molar-refractivity contribution in [1.82, 2.24) is 28.5 Å². The molecule has 12 rings (SSSR count). The summed E-state index contributed by atoms with van der Waals surface area (Å²) in [6, 6.07) is 62.2. The van der Waals surface area contributed by atoms with Gasteiger partial charge in [0.1, 0.15) is 5.65 Å². The van der Waals surface area contributed by atoms with Crippen LogP contribution in [0.3, 0.4) is 0 Å². The maximum absolute atomic E-state index is 5.26. The van der Waals surface area contributed by atoms with Gasteiger partial charge in [-0.15, -0.1) is 0 Å². The Balaban J connectivity index is 1.08. The maximum Gasteiger partial charge on any atom is 0.235 e. The van der Waals surface area contributed by atoms with Crippen molar-refractivity contribution in [3.63, 3.8) is 0 Å². The van der Waals surface area contributed by atoms with Crippen LogP contribution in [0.5, 0.6) is 0 Å². The fraction of sp³-hybridized carbons (Fsp3) is 0. The van der Waals surface area contributed by atoms with Crippen LogP contribution in [-0.4, -0.2) is 28.5 Å². The number of rotatable bonds is 4. The second-order valence-corrected chi connectivity index (χ2v) is 14.1. The molecule has 5 aromatic heterocycles. The van der Waals surface area contributed by atoms with E-state index in [1.807, 2.05) is 18.2 Å². The molecule has 12 aromatic rings. The summed E-state index contributed by atoms with van der Waals surface area (Å²) in [4.78, 5) is 15.4. The molecule has 0 spiro atoms. The zero-order chi connectivity index (χ0) is 36.0. The molecule has 0 N–H and O–H groups in total. The Kier molecular flexibility index (Phi) is 6.24. The smallest absolute Gasteiger partial charge is 0.235 e. The molecule has 7 aromatic carbocycles. The monoisotopic (exact) mass is 702 g/mol. The molecular formula is C49H30N6. The number of aromatic nitrogens is 6. The Morgan fingerprint density at radius 3 is 1.80 bits per heavy atom. The van der Waals surface area contributed by atoms with E-state index in [2.05, 4.69) is 177 Å². The number of nitrogens with zero attached hydrogens (tertiary/aromatic N) is 6. The maximum atomic E-state index is 5.26. The van der Waals surface area contributed by atoms with Crippen molar-refractivity contribution >= 4 is 71.2 Å². The second kappa shape index (κ2) is 11.5. The summed E-state index contributed by atoms with van der Waals surface area (Å²) in [5.74, 6) is 0.658. The van der Waals surface area contributed by atoms with E-state index in [0.717, 1.165) is 88.5 Å². The van der Waals surface area contributed by atoms with Crippen molar-refractivity contribution in [3.05, 3.63) is 182 Å². The highest BCUT2D eigenvalue weighted by Gasteiger charge is 2.20. The molecule has 0 aliphatic heterocycles. The first kappa shape index (κ1) is 29.9. The molecule has 0 unspecified atom stereocenters. The molecule has 0 atom stereocenters. The van der Waals surface area contributed by atoms with Crippen LogP contribution < -0.4 is 0 Å². The van der Waals surface area contributed by atoms with Crippen molar-refractivity contribution in [1.29, 1.82) is 0 Å². The summed E-state index contributed by atoms with van der Waals surface area (Å²) in [6.07, 6.45) is 2.09. The van der Waals surface area contributed by atoms with E-state index in [1.165, 1.54) is 10.8 Å². The average Bonchev–Trinajstić information content (AvgIpc) is 3.89. The zero-order valence-corrected chi connectivity index (χ0v) is 29.5. The molecule has 0 fully saturated rings. The molecule has 0 radical (unpaired) electrons. The Hall–Kier alpha value is -7.57. The van der Waals surface area contributed by atoms with Gasteiger partial charge < -0.3 is 4.57 Å².